The molecule has 298 valence electrons. The van der Waals surface area contributed by atoms with Gasteiger partial charge in [-0.15, -0.1) is 0 Å². The van der Waals surface area contributed by atoms with Crippen molar-refractivity contribution >= 4 is 23.2 Å². The predicted octanol–water partition coefficient (Wildman–Crippen LogP) is 13.0. The Bertz CT molecular complexity index is 2470. The SMILES string of the molecule is O=C(Nc1ccc(C(c2ccccc2)(c2ccccc2)c2ccccc2)cc1)c1ccc(C(=O)Nc2ccc(C(c3ccccc3)(c3ccccc3)c3ccccc3)cc2)cc1. The molecule has 0 heterocycles. The molecule has 0 atom stereocenters. The molecule has 0 saturated carbocycles. The van der Waals surface area contributed by atoms with E-state index in [1.807, 2.05) is 60.7 Å². The maximum Gasteiger partial charge on any atom is 0.255 e. The van der Waals surface area contributed by atoms with Crippen molar-refractivity contribution in [1.82, 2.24) is 0 Å². The molecular formula is C58H44N2O2. The maximum atomic E-state index is 13.5. The Hall–Kier alpha value is -8.08. The summed E-state index contributed by atoms with van der Waals surface area (Å²) in [5, 5.41) is 6.12. The van der Waals surface area contributed by atoms with Gasteiger partial charge >= 0.3 is 0 Å². The van der Waals surface area contributed by atoms with E-state index in [0.29, 0.717) is 22.5 Å². The van der Waals surface area contributed by atoms with Gasteiger partial charge in [0.2, 0.25) is 0 Å². The van der Waals surface area contributed by atoms with Gasteiger partial charge in [-0.3, -0.25) is 9.59 Å². The van der Waals surface area contributed by atoms with Crippen LogP contribution in [-0.4, -0.2) is 11.8 Å². The number of carbonyl (C=O) groups is 2. The standard InChI is InChI=1S/C58H44N2O2/c61-55(59-53-39-35-51(36-40-53)57(45-19-7-1-8-20-45,46-21-9-2-10-22-46)47-23-11-3-12-24-47)43-31-33-44(34-32-43)56(62)60-54-41-37-52(38-42-54)58(48-25-13-4-14-26-48,49-27-15-5-16-28-49)50-29-17-6-18-30-50/h1-42H,(H,59,61)(H,60,62). The molecular weight excluding hydrogens is 757 g/mol. The summed E-state index contributed by atoms with van der Waals surface area (Å²) in [5.41, 5.74) is 10.1. The van der Waals surface area contributed by atoms with Gasteiger partial charge in [-0.25, -0.2) is 0 Å². The molecule has 0 saturated heterocycles. The summed E-state index contributed by atoms with van der Waals surface area (Å²) in [6, 6.07) is 86.1. The van der Waals surface area contributed by atoms with E-state index in [1.165, 1.54) is 0 Å². The third-order valence-electron chi connectivity index (χ3n) is 11.8. The molecule has 0 radical (unpaired) electrons. The third kappa shape index (κ3) is 7.51. The number of anilines is 2. The number of carbonyl (C=O) groups excluding carboxylic acids is 2. The largest absolute Gasteiger partial charge is 0.322 e. The minimum atomic E-state index is -0.582. The second kappa shape index (κ2) is 17.6. The summed E-state index contributed by atoms with van der Waals surface area (Å²) in [4.78, 5) is 27.1. The van der Waals surface area contributed by atoms with E-state index in [4.69, 9.17) is 0 Å². The Morgan fingerprint density at radius 1 is 0.242 bits per heavy atom. The first-order chi connectivity index (χ1) is 30.6. The normalized spacial score (nSPS) is 11.4. The van der Waals surface area contributed by atoms with Crippen LogP contribution in [0.3, 0.4) is 0 Å². The monoisotopic (exact) mass is 800 g/mol. The first kappa shape index (κ1) is 39.4. The average molecular weight is 801 g/mol. The van der Waals surface area contributed by atoms with Crippen LogP contribution in [0.5, 0.6) is 0 Å². The van der Waals surface area contributed by atoms with Crippen molar-refractivity contribution in [2.75, 3.05) is 10.6 Å². The Morgan fingerprint density at radius 3 is 0.645 bits per heavy atom. The van der Waals surface area contributed by atoms with Crippen LogP contribution in [-0.2, 0) is 10.8 Å². The summed E-state index contributed by atoms with van der Waals surface area (Å²) in [6.45, 7) is 0. The highest BCUT2D eigenvalue weighted by Gasteiger charge is 2.39. The second-order valence-corrected chi connectivity index (χ2v) is 15.3. The van der Waals surface area contributed by atoms with E-state index in [0.717, 1.165) is 44.5 Å². The molecule has 9 aromatic carbocycles. The smallest absolute Gasteiger partial charge is 0.255 e. The Morgan fingerprint density at radius 2 is 0.435 bits per heavy atom. The molecule has 0 aliphatic carbocycles. The number of rotatable bonds is 12. The molecule has 0 fully saturated rings. The van der Waals surface area contributed by atoms with Crippen molar-refractivity contribution in [3.63, 3.8) is 0 Å². The molecule has 9 aromatic rings. The zero-order valence-corrected chi connectivity index (χ0v) is 34.1. The molecule has 0 aromatic heterocycles. The van der Waals surface area contributed by atoms with Gasteiger partial charge in [0.25, 0.3) is 11.8 Å². The lowest BCUT2D eigenvalue weighted by Crippen LogP contribution is -2.31. The molecule has 0 unspecified atom stereocenters. The Labute approximate surface area is 363 Å². The molecule has 4 nitrogen and oxygen atoms in total. The summed E-state index contributed by atoms with van der Waals surface area (Å²) in [7, 11) is 0. The van der Waals surface area contributed by atoms with Crippen LogP contribution in [0.4, 0.5) is 11.4 Å². The molecule has 9 rings (SSSR count). The highest BCUT2D eigenvalue weighted by atomic mass is 16.2. The molecule has 0 spiro atoms. The van der Waals surface area contributed by atoms with E-state index in [9.17, 15) is 9.59 Å². The topological polar surface area (TPSA) is 58.2 Å². The number of hydrogen-bond donors (Lipinski definition) is 2. The van der Waals surface area contributed by atoms with Crippen LogP contribution in [0.1, 0.15) is 65.2 Å². The van der Waals surface area contributed by atoms with Gasteiger partial charge in [0.15, 0.2) is 0 Å². The van der Waals surface area contributed by atoms with Crippen LogP contribution in [0.2, 0.25) is 0 Å². The van der Waals surface area contributed by atoms with E-state index in [2.05, 4.69) is 180 Å². The average Bonchev–Trinajstić information content (AvgIpc) is 3.35. The first-order valence-corrected chi connectivity index (χ1v) is 20.8. The fraction of sp³-hybridized carbons (Fsp3) is 0.0345. The summed E-state index contributed by atoms with van der Waals surface area (Å²) in [6.07, 6.45) is 0. The molecule has 2 N–H and O–H groups in total. The van der Waals surface area contributed by atoms with Gasteiger partial charge in [-0.1, -0.05) is 206 Å². The quantitative estimate of drug-likeness (QED) is 0.121. The van der Waals surface area contributed by atoms with E-state index in [-0.39, 0.29) is 11.8 Å². The highest BCUT2D eigenvalue weighted by Crippen LogP contribution is 2.46. The van der Waals surface area contributed by atoms with Crippen molar-refractivity contribution in [3.05, 3.63) is 310 Å². The van der Waals surface area contributed by atoms with Crippen molar-refractivity contribution < 1.29 is 9.59 Å². The number of nitrogens with one attached hydrogen (secondary N) is 2. The number of benzene rings is 9. The molecule has 0 aliphatic rings. The minimum absolute atomic E-state index is 0.264. The van der Waals surface area contributed by atoms with Crippen LogP contribution in [0, 0.1) is 0 Å². The predicted molar refractivity (Wildman–Crippen MR) is 252 cm³/mol. The molecule has 0 aliphatic heterocycles. The van der Waals surface area contributed by atoms with E-state index >= 15 is 0 Å². The Kier molecular flexibility index (Phi) is 11.2. The van der Waals surface area contributed by atoms with Crippen molar-refractivity contribution in [2.45, 2.75) is 10.8 Å². The minimum Gasteiger partial charge on any atom is -0.322 e. The van der Waals surface area contributed by atoms with Gasteiger partial charge in [0.1, 0.15) is 0 Å². The highest BCUT2D eigenvalue weighted by molar-refractivity contribution is 6.07. The molecule has 62 heavy (non-hydrogen) atoms. The van der Waals surface area contributed by atoms with Gasteiger partial charge in [0.05, 0.1) is 10.8 Å². The van der Waals surface area contributed by atoms with Gasteiger partial charge < -0.3 is 10.6 Å². The van der Waals surface area contributed by atoms with Crippen molar-refractivity contribution in [2.24, 2.45) is 0 Å². The first-order valence-electron chi connectivity index (χ1n) is 20.8. The molecule has 2 amide bonds. The number of hydrogen-bond acceptors (Lipinski definition) is 2. The zero-order valence-electron chi connectivity index (χ0n) is 34.1. The van der Waals surface area contributed by atoms with Crippen LogP contribution < -0.4 is 10.6 Å². The molecule has 4 heteroatoms. The van der Waals surface area contributed by atoms with Crippen LogP contribution >= 0.6 is 0 Å². The number of amides is 2. The van der Waals surface area contributed by atoms with Gasteiger partial charge in [0, 0.05) is 22.5 Å². The van der Waals surface area contributed by atoms with Gasteiger partial charge in [-0.05, 0) is 93.0 Å². The van der Waals surface area contributed by atoms with Crippen molar-refractivity contribution in [1.29, 1.82) is 0 Å². The fourth-order valence-electron chi connectivity index (χ4n) is 8.92. The lowest BCUT2D eigenvalue weighted by atomic mass is 9.65. The second-order valence-electron chi connectivity index (χ2n) is 15.3. The fourth-order valence-corrected chi connectivity index (χ4v) is 8.92. The lowest BCUT2D eigenvalue weighted by molar-refractivity contribution is 0.101. The van der Waals surface area contributed by atoms with Crippen molar-refractivity contribution in [3.8, 4) is 0 Å². The summed E-state index contributed by atoms with van der Waals surface area (Å²) in [5.74, 6) is -0.529. The summed E-state index contributed by atoms with van der Waals surface area (Å²) < 4.78 is 0. The van der Waals surface area contributed by atoms with Crippen LogP contribution in [0.25, 0.3) is 0 Å². The van der Waals surface area contributed by atoms with E-state index < -0.39 is 10.8 Å². The summed E-state index contributed by atoms with van der Waals surface area (Å²) >= 11 is 0. The zero-order chi connectivity index (χ0) is 42.2. The molecule has 0 bridgehead atoms. The Balaban J connectivity index is 0.930. The lowest BCUT2D eigenvalue weighted by Gasteiger charge is -2.37. The maximum absolute atomic E-state index is 13.5. The van der Waals surface area contributed by atoms with E-state index in [1.54, 1.807) is 24.3 Å². The third-order valence-corrected chi connectivity index (χ3v) is 11.8. The van der Waals surface area contributed by atoms with Gasteiger partial charge in [-0.2, -0.15) is 0 Å². The van der Waals surface area contributed by atoms with Crippen LogP contribution in [0.15, 0.2) is 255 Å².